The molecule has 10 nitrogen and oxygen atoms in total. The van der Waals surface area contributed by atoms with Gasteiger partial charge < -0.3 is 46.0 Å². The van der Waals surface area contributed by atoms with E-state index in [1.54, 1.807) is 0 Å². The van der Waals surface area contributed by atoms with E-state index in [0.29, 0.717) is 12.8 Å². The van der Waals surface area contributed by atoms with Crippen LogP contribution in [0.25, 0.3) is 0 Å². The van der Waals surface area contributed by atoms with Crippen molar-refractivity contribution in [1.82, 2.24) is 0 Å². The third-order valence-electron chi connectivity index (χ3n) is 6.06. The number of hydrogen-bond acceptors (Lipinski definition) is 9. The van der Waals surface area contributed by atoms with Gasteiger partial charge in [0.25, 0.3) is 0 Å². The Hall–Kier alpha value is -0.920. The maximum absolute atomic E-state index is 10.3. The van der Waals surface area contributed by atoms with Crippen molar-refractivity contribution >= 4 is 23.2 Å². The summed E-state index contributed by atoms with van der Waals surface area (Å²) in [6.45, 7) is 1.72. The van der Waals surface area contributed by atoms with Crippen LogP contribution in [0.1, 0.15) is 123 Å². The minimum absolute atomic E-state index is 0.0880. The highest BCUT2D eigenvalue weighted by Crippen LogP contribution is 2.14. The molecule has 0 radical (unpaired) electrons. The topological polar surface area (TPSA) is 199 Å². The third kappa shape index (κ3) is 41.6. The van der Waals surface area contributed by atoms with Crippen molar-refractivity contribution in [3.8, 4) is 0 Å². The molecule has 11 heteroatoms. The van der Waals surface area contributed by atoms with Crippen molar-refractivity contribution in [2.24, 2.45) is 5.41 Å². The number of aliphatic hydroxyl groups excluding tert-OH is 8. The molecule has 0 rings (SSSR count). The number of unbranched alkanes of at least 4 members (excludes halogenated alkanes) is 14. The summed E-state index contributed by atoms with van der Waals surface area (Å²) in [6.07, 6.45) is 19.8. The van der Waals surface area contributed by atoms with Crippen molar-refractivity contribution in [3.63, 3.8) is 0 Å². The fraction of sp³-hybridized carbons (Fsp3) is 0.931. The number of aliphatic carboxylic acids is 1. The van der Waals surface area contributed by atoms with Gasteiger partial charge in [0, 0.05) is 12.8 Å². The quantitative estimate of drug-likeness (QED) is 0.0607. The van der Waals surface area contributed by atoms with Crippen LogP contribution in [-0.2, 0) is 4.79 Å². The molecule has 0 amide bonds. The lowest BCUT2D eigenvalue weighted by molar-refractivity contribution is -0.137. The van der Waals surface area contributed by atoms with Crippen molar-refractivity contribution in [1.29, 1.82) is 0 Å². The second-order valence-electron chi connectivity index (χ2n) is 9.99. The molecule has 0 aliphatic carbocycles. The molecule has 244 valence electrons. The SMILES string of the molecule is CCC(O)=S.CCCCCCCCCCCCCCCCCC(=O)O.OCC(CO)(CO)CO.OCC(O)CO. The van der Waals surface area contributed by atoms with Gasteiger partial charge in [-0.25, -0.2) is 0 Å². The molecule has 0 aliphatic rings. The lowest BCUT2D eigenvalue weighted by Crippen LogP contribution is -2.37. The zero-order chi connectivity index (χ0) is 31.5. The number of carboxylic acid groups (broad SMARTS) is 1. The maximum Gasteiger partial charge on any atom is 0.303 e. The third-order valence-corrected chi connectivity index (χ3v) is 6.35. The summed E-state index contributed by atoms with van der Waals surface area (Å²) in [5, 5.41) is 74.7. The summed E-state index contributed by atoms with van der Waals surface area (Å²) in [4.78, 5) is 10.3. The Morgan fingerprint density at radius 3 is 1.02 bits per heavy atom. The van der Waals surface area contributed by atoms with E-state index in [-0.39, 0.29) is 18.3 Å². The number of carboxylic acids is 1. The number of aliphatic hydroxyl groups is 8. The van der Waals surface area contributed by atoms with Crippen LogP contribution in [-0.4, -0.2) is 103 Å². The Bertz CT molecular complexity index is 484. The minimum Gasteiger partial charge on any atom is -0.502 e. The number of thiocarbonyl (C=S) groups is 1. The molecule has 0 aliphatic heterocycles. The predicted molar refractivity (Wildman–Crippen MR) is 164 cm³/mol. The number of carbonyl (C=O) groups is 1. The van der Waals surface area contributed by atoms with Crippen LogP contribution < -0.4 is 0 Å². The summed E-state index contributed by atoms with van der Waals surface area (Å²) in [6, 6.07) is 0. The fourth-order valence-electron chi connectivity index (χ4n) is 3.01. The Morgan fingerprint density at radius 1 is 0.600 bits per heavy atom. The Labute approximate surface area is 248 Å². The highest BCUT2D eigenvalue weighted by atomic mass is 32.1. The molecule has 0 unspecified atom stereocenters. The Morgan fingerprint density at radius 2 is 0.875 bits per heavy atom. The van der Waals surface area contributed by atoms with Gasteiger partial charge in [-0.15, -0.1) is 0 Å². The van der Waals surface area contributed by atoms with Crippen LogP contribution in [0.15, 0.2) is 0 Å². The largest absolute Gasteiger partial charge is 0.502 e. The van der Waals surface area contributed by atoms with Gasteiger partial charge in [0.15, 0.2) is 5.05 Å². The van der Waals surface area contributed by atoms with E-state index in [4.69, 9.17) is 46.0 Å². The molecule has 9 N–H and O–H groups in total. The summed E-state index contributed by atoms with van der Waals surface area (Å²) in [5.41, 5.74) is -1.11. The van der Waals surface area contributed by atoms with Gasteiger partial charge in [-0.2, -0.15) is 0 Å². The zero-order valence-corrected chi connectivity index (χ0v) is 26.0. The molecule has 40 heavy (non-hydrogen) atoms. The molecule has 0 heterocycles. The first-order valence-electron chi connectivity index (χ1n) is 14.9. The van der Waals surface area contributed by atoms with Gasteiger partial charge >= 0.3 is 5.97 Å². The highest BCUT2D eigenvalue weighted by molar-refractivity contribution is 7.80. The van der Waals surface area contributed by atoms with Gasteiger partial charge in [0.1, 0.15) is 6.10 Å². The van der Waals surface area contributed by atoms with E-state index in [0.717, 1.165) is 12.8 Å². The van der Waals surface area contributed by atoms with E-state index >= 15 is 0 Å². The monoisotopic (exact) mass is 602 g/mol. The van der Waals surface area contributed by atoms with Gasteiger partial charge in [0.05, 0.1) is 45.1 Å². The summed E-state index contributed by atoms with van der Waals surface area (Å²) in [7, 11) is 0. The first kappa shape index (κ1) is 46.0. The lowest BCUT2D eigenvalue weighted by Gasteiger charge is -2.23. The van der Waals surface area contributed by atoms with Crippen LogP contribution >= 0.6 is 12.2 Å². The first-order chi connectivity index (χ1) is 19.1. The van der Waals surface area contributed by atoms with E-state index in [1.807, 2.05) is 6.92 Å². The van der Waals surface area contributed by atoms with E-state index in [1.165, 1.54) is 83.5 Å². The summed E-state index contributed by atoms with van der Waals surface area (Å²) >= 11 is 4.25. The summed E-state index contributed by atoms with van der Waals surface area (Å²) < 4.78 is 0. The molecule has 0 aromatic carbocycles. The van der Waals surface area contributed by atoms with Crippen molar-refractivity contribution in [3.05, 3.63) is 0 Å². The molecule has 0 aromatic rings. The highest BCUT2D eigenvalue weighted by Gasteiger charge is 2.26. The normalized spacial score (nSPS) is 10.6. The zero-order valence-electron chi connectivity index (χ0n) is 25.2. The lowest BCUT2D eigenvalue weighted by atomic mass is 9.93. The van der Waals surface area contributed by atoms with Gasteiger partial charge in [-0.3, -0.25) is 4.79 Å². The predicted octanol–water partition coefficient (Wildman–Crippen LogP) is 3.89. The molecule has 0 spiro atoms. The van der Waals surface area contributed by atoms with Gasteiger partial charge in [0.2, 0.25) is 0 Å². The Kier molecular flexibility index (Phi) is 43.8. The van der Waals surface area contributed by atoms with Gasteiger partial charge in [-0.05, 0) is 18.6 Å². The molecule has 0 bridgehead atoms. The van der Waals surface area contributed by atoms with Crippen molar-refractivity contribution in [2.45, 2.75) is 129 Å². The number of rotatable bonds is 23. The van der Waals surface area contributed by atoms with Crippen LogP contribution in [0.5, 0.6) is 0 Å². The molecule has 0 fully saturated rings. The van der Waals surface area contributed by atoms with Crippen LogP contribution in [0.4, 0.5) is 0 Å². The molecule has 0 aromatic heterocycles. The standard InChI is InChI=1S/C18H36O2.C5H12O4.C3H8O3.C3H6OS/c1-2-3-4-5-6-7-8-9-10-11-12-13-14-15-16-17-18(19)20;6-1-5(2-7,3-8)4-9;4-1-3(6)2-5;1-2-3(4)5/h2-17H2,1H3,(H,19,20);6-9H,1-4H2;3-6H,1-2H2;2H2,1H3,(H,4,5). The maximum atomic E-state index is 10.3. The van der Waals surface area contributed by atoms with E-state index in [9.17, 15) is 4.79 Å². The van der Waals surface area contributed by atoms with Crippen LogP contribution in [0, 0.1) is 5.41 Å². The average molecular weight is 603 g/mol. The van der Waals surface area contributed by atoms with Crippen LogP contribution in [0.2, 0.25) is 0 Å². The fourth-order valence-corrected chi connectivity index (χ4v) is 3.01. The second kappa shape index (κ2) is 38.1. The molecule has 0 saturated heterocycles. The summed E-state index contributed by atoms with van der Waals surface area (Å²) in [5.74, 6) is -0.653. The smallest absolute Gasteiger partial charge is 0.303 e. The average Bonchev–Trinajstić information content (AvgIpc) is 2.97. The van der Waals surface area contributed by atoms with Gasteiger partial charge in [-0.1, -0.05) is 104 Å². The molecule has 0 atom stereocenters. The van der Waals surface area contributed by atoms with E-state index in [2.05, 4.69) is 19.1 Å². The molecular formula is C29H62O10S. The second-order valence-corrected chi connectivity index (χ2v) is 10.5. The van der Waals surface area contributed by atoms with Crippen molar-refractivity contribution in [2.75, 3.05) is 39.6 Å². The molecular weight excluding hydrogens is 540 g/mol. The van der Waals surface area contributed by atoms with Crippen LogP contribution in [0.3, 0.4) is 0 Å². The first-order valence-corrected chi connectivity index (χ1v) is 15.3. The Balaban J connectivity index is -0.000000264. The van der Waals surface area contributed by atoms with Crippen molar-refractivity contribution < 1.29 is 50.8 Å². The molecule has 0 saturated carbocycles. The minimum atomic E-state index is -1.11. The van der Waals surface area contributed by atoms with E-state index < -0.39 is 43.9 Å². The number of hydrogen-bond donors (Lipinski definition) is 9.